The Labute approximate surface area is 153 Å². The first-order valence-corrected chi connectivity index (χ1v) is 8.47. The Kier molecular flexibility index (Phi) is 6.05. The molecule has 0 heterocycles. The molecule has 1 atom stereocenters. The summed E-state index contributed by atoms with van der Waals surface area (Å²) in [5, 5.41) is 9.24. The monoisotopic (exact) mass is 353 g/mol. The van der Waals surface area contributed by atoms with E-state index in [2.05, 4.69) is 0 Å². The third kappa shape index (κ3) is 3.58. The minimum absolute atomic E-state index is 0.0901. The number of amides is 1. The van der Waals surface area contributed by atoms with Crippen molar-refractivity contribution in [3.8, 4) is 11.1 Å². The zero-order chi connectivity index (χ0) is 19.3. The summed E-state index contributed by atoms with van der Waals surface area (Å²) in [6, 6.07) is 16.7. The molecule has 2 rings (SSSR count). The highest BCUT2D eigenvalue weighted by Crippen LogP contribution is 2.23. The molecule has 1 amide bonds. The van der Waals surface area contributed by atoms with Gasteiger partial charge in [-0.2, -0.15) is 0 Å². The molecule has 0 aliphatic heterocycles. The van der Waals surface area contributed by atoms with E-state index in [-0.39, 0.29) is 6.42 Å². The van der Waals surface area contributed by atoms with Crippen LogP contribution in [0.4, 0.5) is 0 Å². The van der Waals surface area contributed by atoms with E-state index in [1.165, 1.54) is 14.0 Å². The molecule has 0 spiro atoms. The number of nitrogens with zero attached hydrogens (tertiary/aromatic N) is 1. The van der Waals surface area contributed by atoms with Gasteiger partial charge >= 0.3 is 0 Å². The van der Waals surface area contributed by atoms with Crippen molar-refractivity contribution in [3.05, 3.63) is 60.2 Å². The molecule has 0 aromatic heterocycles. The lowest BCUT2D eigenvalue weighted by Crippen LogP contribution is -2.59. The maximum atomic E-state index is 12.8. The van der Waals surface area contributed by atoms with Gasteiger partial charge in [-0.1, -0.05) is 49.4 Å². The zero-order valence-corrected chi connectivity index (χ0v) is 15.2. The standard InChI is InChI=1S/C21H23NO4/c1-4-18(24)21(2,19(25)14-23)22(3)20(26)17-12-10-16(11-13-17)15-8-6-5-7-9-15/h5-13,23H,4,14H2,1-3H3/t21-/m1/s1. The molecule has 0 unspecified atom stereocenters. The van der Waals surface area contributed by atoms with Gasteiger partial charge < -0.3 is 10.0 Å². The number of hydrogen-bond donors (Lipinski definition) is 1. The predicted molar refractivity (Wildman–Crippen MR) is 99.8 cm³/mol. The van der Waals surface area contributed by atoms with Crippen molar-refractivity contribution in [2.75, 3.05) is 13.7 Å². The van der Waals surface area contributed by atoms with Gasteiger partial charge in [0, 0.05) is 19.0 Å². The van der Waals surface area contributed by atoms with Crippen LogP contribution in [0.15, 0.2) is 54.6 Å². The van der Waals surface area contributed by atoms with Gasteiger partial charge in [-0.25, -0.2) is 0 Å². The van der Waals surface area contributed by atoms with E-state index in [1.807, 2.05) is 42.5 Å². The molecule has 136 valence electrons. The summed E-state index contributed by atoms with van der Waals surface area (Å²) in [7, 11) is 1.41. The zero-order valence-electron chi connectivity index (χ0n) is 15.2. The Balaban J connectivity index is 2.32. The summed E-state index contributed by atoms with van der Waals surface area (Å²) in [6.45, 7) is 2.21. The molecular formula is C21H23NO4. The quantitative estimate of drug-likeness (QED) is 0.777. The van der Waals surface area contributed by atoms with Gasteiger partial charge in [-0.05, 0) is 30.2 Å². The number of hydrogen-bond acceptors (Lipinski definition) is 4. The van der Waals surface area contributed by atoms with E-state index in [1.54, 1.807) is 19.1 Å². The summed E-state index contributed by atoms with van der Waals surface area (Å²) in [5.41, 5.74) is 0.677. The minimum atomic E-state index is -1.68. The molecule has 0 radical (unpaired) electrons. The maximum Gasteiger partial charge on any atom is 0.254 e. The SMILES string of the molecule is CCC(=O)[C@](C)(C(=O)CO)N(C)C(=O)c1ccc(-c2ccccc2)cc1. The van der Waals surface area contributed by atoms with E-state index >= 15 is 0 Å². The first-order chi connectivity index (χ1) is 12.4. The van der Waals surface area contributed by atoms with Gasteiger partial charge in [0.25, 0.3) is 5.91 Å². The Morgan fingerprint density at radius 3 is 1.96 bits per heavy atom. The Bertz CT molecular complexity index is 781. The number of ketones is 2. The van der Waals surface area contributed by atoms with Crippen molar-refractivity contribution < 1.29 is 19.5 Å². The number of aliphatic hydroxyl groups excluding tert-OH is 1. The first kappa shape index (κ1) is 19.5. The number of rotatable bonds is 7. The highest BCUT2D eigenvalue weighted by atomic mass is 16.3. The van der Waals surface area contributed by atoms with E-state index < -0.39 is 29.6 Å². The van der Waals surface area contributed by atoms with Crippen LogP contribution in [0, 0.1) is 0 Å². The average Bonchev–Trinajstić information content (AvgIpc) is 2.71. The second kappa shape index (κ2) is 8.06. The third-order valence-corrected chi connectivity index (χ3v) is 4.77. The van der Waals surface area contributed by atoms with Crippen molar-refractivity contribution in [2.45, 2.75) is 25.8 Å². The predicted octanol–water partition coefficient (Wildman–Crippen LogP) is 2.72. The van der Waals surface area contributed by atoms with Crippen molar-refractivity contribution in [1.29, 1.82) is 0 Å². The summed E-state index contributed by atoms with van der Waals surface area (Å²) in [6.07, 6.45) is 0.0901. The van der Waals surface area contributed by atoms with Crippen LogP contribution in [0.5, 0.6) is 0 Å². The van der Waals surface area contributed by atoms with Gasteiger partial charge in [0.05, 0.1) is 0 Å². The number of carbonyl (C=O) groups is 3. The topological polar surface area (TPSA) is 74.7 Å². The van der Waals surface area contributed by atoms with Crippen LogP contribution >= 0.6 is 0 Å². The van der Waals surface area contributed by atoms with Gasteiger partial charge in [0.1, 0.15) is 6.61 Å². The molecule has 26 heavy (non-hydrogen) atoms. The molecule has 2 aromatic carbocycles. The van der Waals surface area contributed by atoms with E-state index in [9.17, 15) is 19.5 Å². The van der Waals surface area contributed by atoms with Gasteiger partial charge in [0.2, 0.25) is 0 Å². The normalized spacial score (nSPS) is 12.9. The lowest BCUT2D eigenvalue weighted by atomic mass is 9.87. The molecule has 2 aromatic rings. The smallest absolute Gasteiger partial charge is 0.254 e. The van der Waals surface area contributed by atoms with Crippen LogP contribution in [-0.4, -0.2) is 46.7 Å². The third-order valence-electron chi connectivity index (χ3n) is 4.77. The molecule has 0 aliphatic carbocycles. The molecule has 5 nitrogen and oxygen atoms in total. The summed E-state index contributed by atoms with van der Waals surface area (Å²) in [4.78, 5) is 38.5. The minimum Gasteiger partial charge on any atom is -0.388 e. The average molecular weight is 353 g/mol. The van der Waals surface area contributed by atoms with Crippen LogP contribution in [0.2, 0.25) is 0 Å². The lowest BCUT2D eigenvalue weighted by Gasteiger charge is -2.35. The molecule has 0 saturated heterocycles. The highest BCUT2D eigenvalue weighted by Gasteiger charge is 2.45. The molecular weight excluding hydrogens is 330 g/mol. The second-order valence-corrected chi connectivity index (χ2v) is 6.24. The molecule has 0 bridgehead atoms. The van der Waals surface area contributed by atoms with Crippen LogP contribution in [0.25, 0.3) is 11.1 Å². The number of likely N-dealkylation sites (N-methyl/N-ethyl adjacent to an activating group) is 1. The van der Waals surface area contributed by atoms with Crippen molar-refractivity contribution >= 4 is 17.5 Å². The van der Waals surface area contributed by atoms with Gasteiger partial charge in [0.15, 0.2) is 17.1 Å². The molecule has 0 saturated carbocycles. The Hall–Kier alpha value is -2.79. The van der Waals surface area contributed by atoms with Crippen LogP contribution in [0.3, 0.4) is 0 Å². The molecule has 1 N–H and O–H groups in total. The fraction of sp³-hybridized carbons (Fsp3) is 0.286. The van der Waals surface area contributed by atoms with Gasteiger partial charge in [-0.3, -0.25) is 14.4 Å². The second-order valence-electron chi connectivity index (χ2n) is 6.24. The van der Waals surface area contributed by atoms with Crippen LogP contribution in [-0.2, 0) is 9.59 Å². The lowest BCUT2D eigenvalue weighted by molar-refractivity contribution is -0.141. The van der Waals surface area contributed by atoms with E-state index in [0.717, 1.165) is 16.0 Å². The Morgan fingerprint density at radius 2 is 1.46 bits per heavy atom. The largest absolute Gasteiger partial charge is 0.388 e. The van der Waals surface area contributed by atoms with Gasteiger partial charge in [-0.15, -0.1) is 0 Å². The van der Waals surface area contributed by atoms with E-state index in [0.29, 0.717) is 5.56 Å². The summed E-state index contributed by atoms with van der Waals surface area (Å²) in [5.74, 6) is -1.55. The molecule has 0 aliphatic rings. The van der Waals surface area contributed by atoms with Crippen molar-refractivity contribution in [3.63, 3.8) is 0 Å². The number of benzene rings is 2. The van der Waals surface area contributed by atoms with Crippen LogP contribution < -0.4 is 0 Å². The first-order valence-electron chi connectivity index (χ1n) is 8.47. The Morgan fingerprint density at radius 1 is 0.923 bits per heavy atom. The van der Waals surface area contributed by atoms with Crippen molar-refractivity contribution in [2.24, 2.45) is 0 Å². The fourth-order valence-electron chi connectivity index (χ4n) is 2.86. The number of carbonyl (C=O) groups excluding carboxylic acids is 3. The maximum absolute atomic E-state index is 12.8. The number of aliphatic hydroxyl groups is 1. The fourth-order valence-corrected chi connectivity index (χ4v) is 2.86. The summed E-state index contributed by atoms with van der Waals surface area (Å²) < 4.78 is 0. The molecule has 5 heteroatoms. The highest BCUT2D eigenvalue weighted by molar-refractivity contribution is 6.14. The summed E-state index contributed by atoms with van der Waals surface area (Å²) >= 11 is 0. The van der Waals surface area contributed by atoms with Crippen molar-refractivity contribution in [1.82, 2.24) is 4.90 Å². The van der Waals surface area contributed by atoms with E-state index in [4.69, 9.17) is 0 Å². The molecule has 0 fully saturated rings. The number of Topliss-reactive ketones (excluding diaryl/α,β-unsaturated/α-hetero) is 2. The van der Waals surface area contributed by atoms with Crippen LogP contribution in [0.1, 0.15) is 30.6 Å².